The number of pyridine rings is 2. The molecule has 0 N–H and O–H groups in total. The third-order valence-corrected chi connectivity index (χ3v) is 5.10. The molecular formula is C22H23N3O6S. The van der Waals surface area contributed by atoms with Crippen LogP contribution in [0.4, 0.5) is 0 Å². The SMILES string of the molecule is CS(=O)(=O)OCOCCOCCOc1cc2ccn(-c3ccc4ccccc4n3)c2cn1. The molecule has 0 amide bonds. The van der Waals surface area contributed by atoms with Crippen LogP contribution in [0, 0.1) is 0 Å². The summed E-state index contributed by atoms with van der Waals surface area (Å²) in [6.45, 7) is 0.862. The molecule has 10 heteroatoms. The van der Waals surface area contributed by atoms with Gasteiger partial charge in [-0.1, -0.05) is 18.2 Å². The first-order valence-electron chi connectivity index (χ1n) is 9.95. The molecule has 0 aliphatic carbocycles. The summed E-state index contributed by atoms with van der Waals surface area (Å²) in [7, 11) is -3.49. The van der Waals surface area contributed by atoms with Gasteiger partial charge < -0.3 is 14.2 Å². The van der Waals surface area contributed by atoms with E-state index in [9.17, 15) is 8.42 Å². The highest BCUT2D eigenvalue weighted by molar-refractivity contribution is 7.85. The van der Waals surface area contributed by atoms with Gasteiger partial charge in [-0.2, -0.15) is 8.42 Å². The zero-order valence-electron chi connectivity index (χ0n) is 17.5. The minimum absolute atomic E-state index is 0.218. The molecule has 3 aromatic heterocycles. The van der Waals surface area contributed by atoms with Gasteiger partial charge in [0.05, 0.1) is 43.3 Å². The maximum atomic E-state index is 10.8. The lowest BCUT2D eigenvalue weighted by Crippen LogP contribution is -2.13. The highest BCUT2D eigenvalue weighted by Crippen LogP contribution is 2.23. The molecule has 3 heterocycles. The van der Waals surface area contributed by atoms with E-state index in [0.29, 0.717) is 25.7 Å². The van der Waals surface area contributed by atoms with Gasteiger partial charge in [0, 0.05) is 23.0 Å². The smallest absolute Gasteiger partial charge is 0.266 e. The van der Waals surface area contributed by atoms with Crippen molar-refractivity contribution in [2.45, 2.75) is 0 Å². The van der Waals surface area contributed by atoms with Crippen LogP contribution in [0.5, 0.6) is 5.88 Å². The van der Waals surface area contributed by atoms with Gasteiger partial charge in [0.25, 0.3) is 10.1 Å². The molecule has 0 saturated heterocycles. The van der Waals surface area contributed by atoms with E-state index in [-0.39, 0.29) is 13.4 Å². The predicted octanol–water partition coefficient (Wildman–Crippen LogP) is 2.92. The third-order valence-electron chi connectivity index (χ3n) is 4.58. The van der Waals surface area contributed by atoms with Gasteiger partial charge in [-0.25, -0.2) is 14.2 Å². The van der Waals surface area contributed by atoms with Crippen LogP contribution >= 0.6 is 0 Å². The molecule has 0 saturated carbocycles. The fourth-order valence-electron chi connectivity index (χ4n) is 3.09. The van der Waals surface area contributed by atoms with E-state index in [0.717, 1.165) is 33.9 Å². The van der Waals surface area contributed by atoms with E-state index >= 15 is 0 Å². The Kier molecular flexibility index (Phi) is 6.96. The second kappa shape index (κ2) is 10.0. The van der Waals surface area contributed by atoms with Crippen LogP contribution < -0.4 is 4.74 Å². The Morgan fingerprint density at radius 3 is 2.62 bits per heavy atom. The van der Waals surface area contributed by atoms with Crippen molar-refractivity contribution in [2.24, 2.45) is 0 Å². The number of nitrogens with zero attached hydrogens (tertiary/aromatic N) is 3. The minimum atomic E-state index is -3.49. The zero-order chi connectivity index (χ0) is 22.4. The van der Waals surface area contributed by atoms with Gasteiger partial charge in [-0.3, -0.25) is 4.57 Å². The number of para-hydroxylation sites is 1. The Bertz CT molecular complexity index is 1310. The quantitative estimate of drug-likeness (QED) is 0.192. The molecule has 9 nitrogen and oxygen atoms in total. The van der Waals surface area contributed by atoms with E-state index in [4.69, 9.17) is 19.2 Å². The predicted molar refractivity (Wildman–Crippen MR) is 119 cm³/mol. The summed E-state index contributed by atoms with van der Waals surface area (Å²) in [5.41, 5.74) is 1.87. The minimum Gasteiger partial charge on any atom is -0.475 e. The van der Waals surface area contributed by atoms with Crippen molar-refractivity contribution < 1.29 is 26.8 Å². The summed E-state index contributed by atoms with van der Waals surface area (Å²) >= 11 is 0. The molecule has 0 atom stereocenters. The monoisotopic (exact) mass is 457 g/mol. The first kappa shape index (κ1) is 22.2. The Balaban J connectivity index is 1.27. The number of fused-ring (bicyclic) bond motifs is 2. The van der Waals surface area contributed by atoms with Crippen molar-refractivity contribution in [3.63, 3.8) is 0 Å². The van der Waals surface area contributed by atoms with Crippen molar-refractivity contribution in [3.05, 3.63) is 60.9 Å². The van der Waals surface area contributed by atoms with Crippen molar-refractivity contribution in [1.82, 2.24) is 14.5 Å². The molecule has 4 aromatic rings. The number of rotatable bonds is 11. The van der Waals surface area contributed by atoms with Crippen molar-refractivity contribution in [1.29, 1.82) is 0 Å². The molecule has 1 aromatic carbocycles. The number of hydrogen-bond donors (Lipinski definition) is 0. The third kappa shape index (κ3) is 5.80. The van der Waals surface area contributed by atoms with Crippen LogP contribution in [-0.2, 0) is 23.8 Å². The topological polar surface area (TPSA) is 102 Å². The Morgan fingerprint density at radius 2 is 1.75 bits per heavy atom. The van der Waals surface area contributed by atoms with E-state index in [2.05, 4.69) is 15.2 Å². The fourth-order valence-corrected chi connectivity index (χ4v) is 3.33. The number of benzene rings is 1. The average Bonchev–Trinajstić information content (AvgIpc) is 3.20. The molecule has 0 unspecified atom stereocenters. The Hall–Kier alpha value is -3.05. The van der Waals surface area contributed by atoms with Gasteiger partial charge >= 0.3 is 0 Å². The van der Waals surface area contributed by atoms with Crippen LogP contribution in [-0.4, -0.2) is 62.4 Å². The molecule has 0 radical (unpaired) electrons. The first-order valence-corrected chi connectivity index (χ1v) is 11.8. The van der Waals surface area contributed by atoms with Crippen molar-refractivity contribution in [2.75, 3.05) is 39.5 Å². The van der Waals surface area contributed by atoms with Gasteiger partial charge in [-0.15, -0.1) is 0 Å². The molecule has 4 rings (SSSR count). The molecule has 0 bridgehead atoms. The molecule has 0 spiro atoms. The molecule has 0 aliphatic heterocycles. The van der Waals surface area contributed by atoms with Crippen LogP contribution in [0.3, 0.4) is 0 Å². The van der Waals surface area contributed by atoms with E-state index < -0.39 is 10.1 Å². The Labute approximate surface area is 185 Å². The zero-order valence-corrected chi connectivity index (χ0v) is 18.3. The lowest BCUT2D eigenvalue weighted by molar-refractivity contribution is -0.0174. The summed E-state index contributed by atoms with van der Waals surface area (Å²) in [5.74, 6) is 1.33. The highest BCUT2D eigenvalue weighted by atomic mass is 32.2. The summed E-state index contributed by atoms with van der Waals surface area (Å²) in [5, 5.41) is 2.09. The van der Waals surface area contributed by atoms with Crippen LogP contribution in [0.1, 0.15) is 0 Å². The van der Waals surface area contributed by atoms with E-state index in [1.54, 1.807) is 6.20 Å². The van der Waals surface area contributed by atoms with Crippen molar-refractivity contribution >= 4 is 31.9 Å². The molecule has 32 heavy (non-hydrogen) atoms. The average molecular weight is 458 g/mol. The fraction of sp³-hybridized carbons (Fsp3) is 0.273. The number of hydrogen-bond acceptors (Lipinski definition) is 8. The van der Waals surface area contributed by atoms with E-state index in [1.165, 1.54) is 0 Å². The number of aromatic nitrogens is 3. The van der Waals surface area contributed by atoms with Gasteiger partial charge in [0.2, 0.25) is 5.88 Å². The van der Waals surface area contributed by atoms with Crippen LogP contribution in [0.25, 0.3) is 27.6 Å². The lowest BCUT2D eigenvalue weighted by atomic mass is 10.2. The summed E-state index contributed by atoms with van der Waals surface area (Å²) in [4.78, 5) is 9.12. The summed E-state index contributed by atoms with van der Waals surface area (Å²) in [6, 6.07) is 15.9. The molecule has 0 aliphatic rings. The number of ether oxygens (including phenoxy) is 3. The molecular weight excluding hydrogens is 434 g/mol. The second-order valence-corrected chi connectivity index (χ2v) is 8.58. The highest BCUT2D eigenvalue weighted by Gasteiger charge is 2.08. The van der Waals surface area contributed by atoms with Crippen molar-refractivity contribution in [3.8, 4) is 11.7 Å². The normalized spacial score (nSPS) is 11.9. The van der Waals surface area contributed by atoms with Gasteiger partial charge in [0.15, 0.2) is 6.79 Å². The van der Waals surface area contributed by atoms with Crippen LogP contribution in [0.2, 0.25) is 0 Å². The van der Waals surface area contributed by atoms with Crippen LogP contribution in [0.15, 0.2) is 60.9 Å². The summed E-state index contributed by atoms with van der Waals surface area (Å²) < 4.78 is 44.0. The van der Waals surface area contributed by atoms with Gasteiger partial charge in [-0.05, 0) is 24.3 Å². The first-order chi connectivity index (χ1) is 15.5. The lowest BCUT2D eigenvalue weighted by Gasteiger charge is -2.08. The van der Waals surface area contributed by atoms with E-state index in [1.807, 2.05) is 53.2 Å². The second-order valence-electron chi connectivity index (χ2n) is 6.94. The maximum absolute atomic E-state index is 10.8. The largest absolute Gasteiger partial charge is 0.475 e. The summed E-state index contributed by atoms with van der Waals surface area (Å²) in [6.07, 6.45) is 4.69. The molecule has 168 valence electrons. The Morgan fingerprint density at radius 1 is 0.938 bits per heavy atom. The maximum Gasteiger partial charge on any atom is 0.266 e. The van der Waals surface area contributed by atoms with Gasteiger partial charge in [0.1, 0.15) is 12.4 Å². The standard InChI is InChI=1S/C22H23N3O6S/c1-32(26,27)31-16-29-11-10-28-12-13-30-22-14-18-8-9-25(20(18)15-23-22)21-7-6-17-4-2-3-5-19(17)24-21/h2-9,14-15H,10-13,16H2,1H3. The molecule has 0 fully saturated rings.